The number of phenols is 1. The van der Waals surface area contributed by atoms with Crippen LogP contribution in [0.25, 0.3) is 83.9 Å². The molecule has 0 unspecified atom stereocenters. The molecule has 0 radical (unpaired) electrons. The second-order valence-electron chi connectivity index (χ2n) is 20.8. The molecule has 5 heteroatoms. The molecule has 346 valence electrons. The zero-order chi connectivity index (χ0) is 54.4. The number of hydrogen-bond donors (Lipinski definition) is 1. The molecule has 9 aromatic rings. The van der Waals surface area contributed by atoms with Crippen LogP contribution in [0.3, 0.4) is 0 Å². The Balaban J connectivity index is 0.00000765. The van der Waals surface area contributed by atoms with Gasteiger partial charge in [0.2, 0.25) is 0 Å². The third kappa shape index (κ3) is 9.67. The predicted molar refractivity (Wildman–Crippen MR) is 282 cm³/mol. The summed E-state index contributed by atoms with van der Waals surface area (Å²) < 4.78 is 75.5. The fraction of sp³-hybridized carbons (Fsp3) is 0.238. The van der Waals surface area contributed by atoms with Crippen molar-refractivity contribution in [2.45, 2.75) is 98.3 Å². The summed E-state index contributed by atoms with van der Waals surface area (Å²) in [5, 5.41) is 12.6. The van der Waals surface area contributed by atoms with Crippen LogP contribution < -0.4 is 0 Å². The summed E-state index contributed by atoms with van der Waals surface area (Å²) in [7, 11) is 0. The molecule has 1 N–H and O–H groups in total. The summed E-state index contributed by atoms with van der Waals surface area (Å²) in [5.74, 6) is -0.405. The number of para-hydroxylation sites is 1. The van der Waals surface area contributed by atoms with Crippen molar-refractivity contribution in [1.82, 2.24) is 14.5 Å². The minimum Gasteiger partial charge on any atom is -0.507 e. The first-order valence-corrected chi connectivity index (χ1v) is 22.9. The van der Waals surface area contributed by atoms with Gasteiger partial charge in [-0.05, 0) is 97.0 Å². The third-order valence-corrected chi connectivity index (χ3v) is 12.3. The number of pyridine rings is 1. The van der Waals surface area contributed by atoms with Gasteiger partial charge in [0.25, 0.3) is 0 Å². The number of rotatable bonds is 8. The number of benzene rings is 7. The summed E-state index contributed by atoms with van der Waals surface area (Å²) in [6.45, 7) is 21.9. The van der Waals surface area contributed by atoms with Crippen LogP contribution in [0.4, 0.5) is 0 Å². The summed E-state index contributed by atoms with van der Waals surface area (Å²) in [6, 6.07) is 41.1. The first-order chi connectivity index (χ1) is 35.1. The molecular weight excluding hydrogens is 1010 g/mol. The second kappa shape index (κ2) is 18.6. The fourth-order valence-electron chi connectivity index (χ4n) is 8.42. The van der Waals surface area contributed by atoms with E-state index in [0.717, 1.165) is 44.6 Å². The van der Waals surface area contributed by atoms with E-state index in [1.54, 1.807) is 0 Å². The van der Waals surface area contributed by atoms with Gasteiger partial charge in [0, 0.05) is 45.6 Å². The number of fused-ring (bicyclic) bond motifs is 1. The van der Waals surface area contributed by atoms with Gasteiger partial charge in [0.15, 0.2) is 0 Å². The zero-order valence-corrected chi connectivity index (χ0v) is 42.9. The molecule has 0 atom stereocenters. The second-order valence-corrected chi connectivity index (χ2v) is 20.8. The molecule has 0 amide bonds. The molecule has 0 aliphatic rings. The van der Waals surface area contributed by atoms with Crippen molar-refractivity contribution in [3.05, 3.63) is 192 Å². The van der Waals surface area contributed by atoms with Gasteiger partial charge >= 0.3 is 0 Å². The summed E-state index contributed by atoms with van der Waals surface area (Å²) in [4.78, 5) is 10.1. The van der Waals surface area contributed by atoms with Gasteiger partial charge in [-0.2, -0.15) is 0 Å². The summed E-state index contributed by atoms with van der Waals surface area (Å²) in [6.07, 6.45) is -0.502. The van der Waals surface area contributed by atoms with Crippen LogP contribution in [-0.2, 0) is 37.3 Å². The van der Waals surface area contributed by atoms with E-state index in [1.807, 2.05) is 138 Å². The van der Waals surface area contributed by atoms with Gasteiger partial charge in [-0.25, -0.2) is 4.98 Å². The van der Waals surface area contributed by atoms with E-state index >= 15 is 0 Å². The van der Waals surface area contributed by atoms with Crippen molar-refractivity contribution in [3.63, 3.8) is 0 Å². The monoisotopic (exact) mass is 1080 g/mol. The molecule has 0 saturated heterocycles. The first kappa shape index (κ1) is 38.6. The van der Waals surface area contributed by atoms with Crippen molar-refractivity contribution in [3.8, 4) is 78.6 Å². The normalized spacial score (nSPS) is 13.9. The van der Waals surface area contributed by atoms with Crippen LogP contribution in [-0.4, -0.2) is 19.6 Å². The molecule has 0 aliphatic heterocycles. The maximum Gasteiger partial charge on any atom is 0.148 e. The van der Waals surface area contributed by atoms with Gasteiger partial charge in [-0.3, -0.25) is 9.55 Å². The van der Waals surface area contributed by atoms with Gasteiger partial charge in [-0.1, -0.05) is 208 Å². The summed E-state index contributed by atoms with van der Waals surface area (Å²) >= 11 is 0. The Morgan fingerprint density at radius 2 is 1.21 bits per heavy atom. The van der Waals surface area contributed by atoms with Crippen LogP contribution in [0.15, 0.2) is 164 Å². The Morgan fingerprint density at radius 1 is 0.588 bits per heavy atom. The average Bonchev–Trinajstić information content (AvgIpc) is 3.74. The standard InChI is InChI=1S/C63H62N3O.Pt/c1-40(2)45-31-47(42-21-16-13-17-22-42)36-52(35-45)66-57-24-18-23-53(58(57)65-60(66)54-38-51(62(6,7)8)39-55(59(54)67)63(9,10)11)48-32-46(41-19-14-12-15-20-41)33-49(34-48)56-37-44(29-30-64-56)43-25-27-50(28-26-43)61(3,4)5;/h12-33,35-40,67H,1-11H3;/q-1;/i25D,26D,27D,28D,29D,30D,37D,40D;. The minimum absolute atomic E-state index is 0. The first-order valence-electron chi connectivity index (χ1n) is 26.9. The van der Waals surface area contributed by atoms with E-state index in [4.69, 9.17) is 13.2 Å². The molecule has 0 bridgehead atoms. The Bertz CT molecular complexity index is 3700. The number of imidazole rings is 1. The van der Waals surface area contributed by atoms with Crippen molar-refractivity contribution in [2.24, 2.45) is 0 Å². The third-order valence-electron chi connectivity index (χ3n) is 12.3. The van der Waals surface area contributed by atoms with E-state index in [0.29, 0.717) is 39.1 Å². The van der Waals surface area contributed by atoms with Crippen LogP contribution in [0.1, 0.15) is 115 Å². The Hall–Kier alpha value is -6.35. The van der Waals surface area contributed by atoms with Crippen LogP contribution >= 0.6 is 0 Å². The van der Waals surface area contributed by atoms with Crippen molar-refractivity contribution >= 4 is 11.0 Å². The van der Waals surface area contributed by atoms with Gasteiger partial charge < -0.3 is 5.11 Å². The van der Waals surface area contributed by atoms with Crippen LogP contribution in [0, 0.1) is 6.07 Å². The molecule has 0 saturated carbocycles. The maximum absolute atomic E-state index is 12.6. The molecular formula is C63H62N3OPt-. The molecule has 0 spiro atoms. The number of nitrogens with zero attached hydrogens (tertiary/aromatic N) is 3. The van der Waals surface area contributed by atoms with Crippen molar-refractivity contribution in [2.75, 3.05) is 0 Å². The predicted octanol–water partition coefficient (Wildman–Crippen LogP) is 16.9. The van der Waals surface area contributed by atoms with Gasteiger partial charge in [0.05, 0.1) is 26.2 Å². The number of aromatic nitrogens is 3. The fourth-order valence-corrected chi connectivity index (χ4v) is 8.42. The molecule has 7 aromatic carbocycles. The van der Waals surface area contributed by atoms with E-state index in [1.165, 1.54) is 0 Å². The van der Waals surface area contributed by atoms with E-state index < -0.39 is 41.0 Å². The van der Waals surface area contributed by atoms with Crippen LogP contribution in [0.2, 0.25) is 0 Å². The van der Waals surface area contributed by atoms with E-state index in [-0.39, 0.29) is 72.7 Å². The molecule has 0 aliphatic carbocycles. The summed E-state index contributed by atoms with van der Waals surface area (Å²) in [5.41, 5.74) is 8.29. The van der Waals surface area contributed by atoms with Crippen molar-refractivity contribution < 1.29 is 37.1 Å². The Labute approximate surface area is 429 Å². The van der Waals surface area contributed by atoms with Crippen molar-refractivity contribution in [1.29, 1.82) is 0 Å². The SMILES string of the molecule is [2H]c1nc(-c2[c-]c(-c3cccc4c3nc(-c3cc(C(C)(C)C)cc(C(C)(C)C)c3O)n4-c3cc(-c4ccccc4)cc(C([2H])(C)C)c3)cc(-c3ccccc3)c2)c([2H])c(-c2c([2H])c([2H])c(C(C)(C)C)c([2H])c2[2H])c1[2H].[Pt]. The largest absolute Gasteiger partial charge is 0.507 e. The molecule has 0 fully saturated rings. The molecule has 2 aromatic heterocycles. The Kier molecular flexibility index (Phi) is 10.6. The van der Waals surface area contributed by atoms with E-state index in [9.17, 15) is 7.85 Å². The van der Waals surface area contributed by atoms with Gasteiger partial charge in [0.1, 0.15) is 11.6 Å². The number of hydrogen-bond acceptors (Lipinski definition) is 3. The smallest absolute Gasteiger partial charge is 0.148 e. The van der Waals surface area contributed by atoms with Crippen LogP contribution in [0.5, 0.6) is 5.75 Å². The average molecular weight is 1080 g/mol. The quantitative estimate of drug-likeness (QED) is 0.154. The molecule has 68 heavy (non-hydrogen) atoms. The minimum atomic E-state index is -0.993. The number of phenolic OH excluding ortho intramolecular Hbond substituents is 1. The molecule has 9 rings (SSSR count). The maximum atomic E-state index is 12.6. The zero-order valence-electron chi connectivity index (χ0n) is 48.7. The topological polar surface area (TPSA) is 50.9 Å². The molecule has 2 heterocycles. The van der Waals surface area contributed by atoms with Gasteiger partial charge in [-0.15, -0.1) is 23.8 Å². The molecule has 4 nitrogen and oxygen atoms in total. The Morgan fingerprint density at radius 3 is 1.81 bits per heavy atom. The number of aromatic hydroxyl groups is 1. The van der Waals surface area contributed by atoms with E-state index in [2.05, 4.69) is 75.4 Å².